The van der Waals surface area contributed by atoms with Crippen molar-refractivity contribution in [2.75, 3.05) is 13.1 Å². The Balaban J connectivity index is 1.38. The molecule has 0 aliphatic carbocycles. The fourth-order valence-corrected chi connectivity index (χ4v) is 3.12. The summed E-state index contributed by atoms with van der Waals surface area (Å²) in [7, 11) is 0. The first kappa shape index (κ1) is 15.9. The minimum absolute atomic E-state index is 0.332. The van der Waals surface area contributed by atoms with Gasteiger partial charge in [-0.1, -0.05) is 29.5 Å². The van der Waals surface area contributed by atoms with Crippen LogP contribution < -0.4 is 0 Å². The van der Waals surface area contributed by atoms with Gasteiger partial charge in [-0.15, -0.1) is 5.10 Å². The number of hydrogen-bond acceptors (Lipinski definition) is 5. The number of aliphatic hydroxyl groups excluding tert-OH is 1. The van der Waals surface area contributed by atoms with Crippen LogP contribution in [0.4, 0.5) is 0 Å². The zero-order chi connectivity index (χ0) is 17.2. The molecule has 1 saturated heterocycles. The van der Waals surface area contributed by atoms with Crippen LogP contribution in [0.5, 0.6) is 0 Å². The molecular formula is C19H21N5O. The fourth-order valence-electron chi connectivity index (χ4n) is 3.12. The average Bonchev–Trinajstić information content (AvgIpc) is 3.09. The number of hydrogen-bond donors (Lipinski definition) is 1. The predicted octanol–water partition coefficient (Wildman–Crippen LogP) is 2.45. The number of aromatic nitrogens is 4. The molecule has 3 aromatic rings. The van der Waals surface area contributed by atoms with Crippen molar-refractivity contribution < 1.29 is 5.11 Å². The molecule has 0 radical (unpaired) electrons. The van der Waals surface area contributed by atoms with E-state index in [0.717, 1.165) is 30.9 Å². The van der Waals surface area contributed by atoms with Gasteiger partial charge in [-0.3, -0.25) is 9.88 Å². The van der Waals surface area contributed by atoms with Gasteiger partial charge >= 0.3 is 0 Å². The molecule has 0 spiro atoms. The van der Waals surface area contributed by atoms with Gasteiger partial charge in [0.05, 0.1) is 24.0 Å². The Morgan fingerprint density at radius 3 is 2.80 bits per heavy atom. The highest BCUT2D eigenvalue weighted by Gasteiger charge is 2.29. The van der Waals surface area contributed by atoms with Crippen LogP contribution in [0.2, 0.25) is 0 Å². The number of aliphatic hydroxyl groups is 1. The molecule has 0 saturated carbocycles. The lowest BCUT2D eigenvalue weighted by Crippen LogP contribution is -2.47. The summed E-state index contributed by atoms with van der Waals surface area (Å²) in [4.78, 5) is 6.80. The van der Waals surface area contributed by atoms with Crippen molar-refractivity contribution in [3.63, 3.8) is 0 Å². The number of benzene rings is 1. The molecule has 3 heterocycles. The van der Waals surface area contributed by atoms with Gasteiger partial charge in [0.25, 0.3) is 0 Å². The second kappa shape index (κ2) is 6.74. The van der Waals surface area contributed by atoms with Gasteiger partial charge in [-0.25, -0.2) is 4.68 Å². The third kappa shape index (κ3) is 3.45. The molecule has 1 aromatic carbocycles. The average molecular weight is 335 g/mol. The first-order valence-electron chi connectivity index (χ1n) is 8.51. The molecule has 6 nitrogen and oxygen atoms in total. The van der Waals surface area contributed by atoms with E-state index in [-0.39, 0.29) is 0 Å². The molecular weight excluding hydrogens is 314 g/mol. The summed E-state index contributed by atoms with van der Waals surface area (Å²) in [6, 6.07) is 14.8. The zero-order valence-corrected chi connectivity index (χ0v) is 14.2. The van der Waals surface area contributed by atoms with Crippen LogP contribution in [-0.4, -0.2) is 43.1 Å². The van der Waals surface area contributed by atoms with E-state index in [1.807, 2.05) is 35.3 Å². The molecule has 4 rings (SSSR count). The van der Waals surface area contributed by atoms with Crippen LogP contribution in [0.25, 0.3) is 11.3 Å². The Labute approximate surface area is 146 Å². The van der Waals surface area contributed by atoms with Crippen LogP contribution in [-0.2, 0) is 6.54 Å². The third-order valence-corrected chi connectivity index (χ3v) is 4.56. The van der Waals surface area contributed by atoms with Gasteiger partial charge in [0.1, 0.15) is 5.69 Å². The quantitative estimate of drug-likeness (QED) is 0.776. The number of pyridine rings is 1. The number of likely N-dealkylation sites (tertiary alicyclic amines) is 1. The molecule has 6 heteroatoms. The molecule has 0 amide bonds. The predicted molar refractivity (Wildman–Crippen MR) is 94.6 cm³/mol. The summed E-state index contributed by atoms with van der Waals surface area (Å²) < 4.78 is 1.86. The highest BCUT2D eigenvalue weighted by Crippen LogP contribution is 2.25. The summed E-state index contributed by atoms with van der Waals surface area (Å²) in [5.74, 6) is 0. The van der Waals surface area contributed by atoms with E-state index in [4.69, 9.17) is 0 Å². The van der Waals surface area contributed by atoms with Crippen molar-refractivity contribution in [1.82, 2.24) is 24.9 Å². The van der Waals surface area contributed by atoms with Gasteiger partial charge in [-0.2, -0.15) is 0 Å². The van der Waals surface area contributed by atoms with Gasteiger partial charge in [-0.05, 0) is 30.7 Å². The molecule has 1 aliphatic heterocycles. The zero-order valence-electron chi connectivity index (χ0n) is 14.2. The minimum Gasteiger partial charge on any atom is -0.387 e. The lowest BCUT2D eigenvalue weighted by Gasteiger charge is -2.38. The lowest BCUT2D eigenvalue weighted by molar-refractivity contribution is 0.0896. The van der Waals surface area contributed by atoms with Crippen molar-refractivity contribution in [1.29, 1.82) is 0 Å². The molecule has 1 aliphatic rings. The maximum absolute atomic E-state index is 9.54. The van der Waals surface area contributed by atoms with Crippen molar-refractivity contribution in [3.8, 4) is 11.3 Å². The molecule has 0 bridgehead atoms. The van der Waals surface area contributed by atoms with E-state index < -0.39 is 6.10 Å². The standard InChI is InChI=1S/C19H21N5O/c1-14(25)19-13-24(22-21-19)17-11-23(12-17)10-15-5-4-6-16(9-15)18-7-2-3-8-20-18/h2-9,13-14,17,25H,10-12H2,1H3. The second-order valence-corrected chi connectivity index (χ2v) is 6.56. The summed E-state index contributed by atoms with van der Waals surface area (Å²) in [5, 5.41) is 17.7. The van der Waals surface area contributed by atoms with Gasteiger partial charge in [0, 0.05) is 31.4 Å². The van der Waals surface area contributed by atoms with Crippen LogP contribution in [0, 0.1) is 0 Å². The fraction of sp³-hybridized carbons (Fsp3) is 0.316. The second-order valence-electron chi connectivity index (χ2n) is 6.56. The van der Waals surface area contributed by atoms with Crippen molar-refractivity contribution in [2.24, 2.45) is 0 Å². The Bertz CT molecular complexity index is 840. The van der Waals surface area contributed by atoms with Gasteiger partial charge < -0.3 is 5.11 Å². The first-order chi connectivity index (χ1) is 12.2. The summed E-state index contributed by atoms with van der Waals surface area (Å²) >= 11 is 0. The number of rotatable bonds is 5. The van der Waals surface area contributed by atoms with E-state index in [9.17, 15) is 5.11 Å². The van der Waals surface area contributed by atoms with E-state index in [1.165, 1.54) is 5.56 Å². The van der Waals surface area contributed by atoms with E-state index in [2.05, 4.69) is 44.5 Å². The third-order valence-electron chi connectivity index (χ3n) is 4.56. The Hall–Kier alpha value is -2.57. The SMILES string of the molecule is CC(O)c1cn(C2CN(Cc3cccc(-c4ccccn4)c3)C2)nn1. The van der Waals surface area contributed by atoms with Gasteiger partial charge in [0.15, 0.2) is 0 Å². The summed E-state index contributed by atoms with van der Waals surface area (Å²) in [5.41, 5.74) is 4.05. The molecule has 1 atom stereocenters. The van der Waals surface area contributed by atoms with E-state index in [1.54, 1.807) is 6.92 Å². The van der Waals surface area contributed by atoms with Crippen LogP contribution in [0.3, 0.4) is 0 Å². The maximum Gasteiger partial charge on any atom is 0.111 e. The molecule has 25 heavy (non-hydrogen) atoms. The molecule has 2 aromatic heterocycles. The Kier molecular flexibility index (Phi) is 4.29. The van der Waals surface area contributed by atoms with Crippen molar-refractivity contribution >= 4 is 0 Å². The normalized spacial score (nSPS) is 16.6. The maximum atomic E-state index is 9.54. The van der Waals surface area contributed by atoms with Gasteiger partial charge in [0.2, 0.25) is 0 Å². The Morgan fingerprint density at radius 2 is 2.08 bits per heavy atom. The monoisotopic (exact) mass is 335 g/mol. The summed E-state index contributed by atoms with van der Waals surface area (Å²) in [6.07, 6.45) is 3.09. The van der Waals surface area contributed by atoms with E-state index >= 15 is 0 Å². The molecule has 1 fully saturated rings. The van der Waals surface area contributed by atoms with Crippen LogP contribution >= 0.6 is 0 Å². The van der Waals surface area contributed by atoms with E-state index in [0.29, 0.717) is 11.7 Å². The molecule has 128 valence electrons. The first-order valence-corrected chi connectivity index (χ1v) is 8.51. The lowest BCUT2D eigenvalue weighted by atomic mass is 10.0. The molecule has 1 N–H and O–H groups in total. The van der Waals surface area contributed by atoms with Crippen molar-refractivity contribution in [2.45, 2.75) is 25.6 Å². The van der Waals surface area contributed by atoms with Crippen LogP contribution in [0.1, 0.15) is 30.3 Å². The molecule has 1 unspecified atom stereocenters. The largest absolute Gasteiger partial charge is 0.387 e. The highest BCUT2D eigenvalue weighted by atomic mass is 16.3. The number of nitrogens with zero attached hydrogens (tertiary/aromatic N) is 5. The van der Waals surface area contributed by atoms with Crippen LogP contribution in [0.15, 0.2) is 54.9 Å². The minimum atomic E-state index is -0.570. The smallest absolute Gasteiger partial charge is 0.111 e. The Morgan fingerprint density at radius 1 is 1.20 bits per heavy atom. The summed E-state index contributed by atoms with van der Waals surface area (Å²) in [6.45, 7) is 4.50. The highest BCUT2D eigenvalue weighted by molar-refractivity contribution is 5.59. The topological polar surface area (TPSA) is 67.1 Å². The van der Waals surface area contributed by atoms with Crippen molar-refractivity contribution in [3.05, 3.63) is 66.1 Å².